The van der Waals surface area contributed by atoms with Crippen molar-refractivity contribution < 1.29 is 14.1 Å². The average molecular weight is 363 g/mol. The molecular weight excluding hydrogens is 342 g/mol. The minimum absolute atomic E-state index is 0.267. The fourth-order valence-corrected chi connectivity index (χ4v) is 2.98. The topological polar surface area (TPSA) is 84.2 Å². The molecule has 1 heterocycles. The first kappa shape index (κ1) is 18.4. The summed E-state index contributed by atoms with van der Waals surface area (Å²) < 4.78 is 4.93. The molecule has 3 rings (SSSR count). The number of rotatable bonds is 4. The normalized spacial score (nSPS) is 10.5. The van der Waals surface area contributed by atoms with Crippen molar-refractivity contribution >= 4 is 23.3 Å². The highest BCUT2D eigenvalue weighted by atomic mass is 16.5. The van der Waals surface area contributed by atoms with Gasteiger partial charge >= 0.3 is 0 Å². The molecule has 0 aliphatic carbocycles. The lowest BCUT2D eigenvalue weighted by Gasteiger charge is -2.13. The summed E-state index contributed by atoms with van der Waals surface area (Å²) in [4.78, 5) is 25.0. The van der Waals surface area contributed by atoms with E-state index in [0.29, 0.717) is 22.7 Å². The molecule has 0 bridgehead atoms. The van der Waals surface area contributed by atoms with Gasteiger partial charge in [-0.1, -0.05) is 28.9 Å². The Hall–Kier alpha value is -3.41. The van der Waals surface area contributed by atoms with Gasteiger partial charge in [0.25, 0.3) is 11.8 Å². The number of amides is 2. The van der Waals surface area contributed by atoms with Crippen LogP contribution in [0.3, 0.4) is 0 Å². The van der Waals surface area contributed by atoms with Crippen LogP contribution in [-0.4, -0.2) is 17.0 Å². The quantitative estimate of drug-likeness (QED) is 0.719. The lowest BCUT2D eigenvalue weighted by molar-refractivity contribution is 0.102. The maximum Gasteiger partial charge on any atom is 0.256 e. The maximum absolute atomic E-state index is 12.7. The van der Waals surface area contributed by atoms with Gasteiger partial charge in [0.1, 0.15) is 5.76 Å². The standard InChI is InChI=1S/C21H21N3O3/c1-12-8-13(2)19(14(3)9-12)23-21(26)17-7-5-6-16(11-17)20(25)22-18-10-15(4)27-24-18/h5-11H,1-4H3,(H,23,26)(H,22,24,25). The first-order chi connectivity index (χ1) is 12.8. The van der Waals surface area contributed by atoms with E-state index in [2.05, 4.69) is 15.8 Å². The number of aryl methyl sites for hydroxylation is 4. The second-order valence-corrected chi connectivity index (χ2v) is 6.59. The molecule has 2 N–H and O–H groups in total. The Labute approximate surface area is 157 Å². The second kappa shape index (κ2) is 7.45. The predicted octanol–water partition coefficient (Wildman–Crippen LogP) is 4.41. The van der Waals surface area contributed by atoms with E-state index in [-0.39, 0.29) is 11.8 Å². The predicted molar refractivity (Wildman–Crippen MR) is 104 cm³/mol. The number of nitrogens with one attached hydrogen (secondary N) is 2. The van der Waals surface area contributed by atoms with Crippen molar-refractivity contribution in [2.75, 3.05) is 10.6 Å². The van der Waals surface area contributed by atoms with E-state index in [1.807, 2.05) is 32.9 Å². The molecular formula is C21H21N3O3. The Bertz CT molecular complexity index is 998. The highest BCUT2D eigenvalue weighted by Crippen LogP contribution is 2.23. The van der Waals surface area contributed by atoms with E-state index in [1.54, 1.807) is 37.3 Å². The summed E-state index contributed by atoms with van der Waals surface area (Å²) in [6.07, 6.45) is 0. The Balaban J connectivity index is 1.78. The largest absolute Gasteiger partial charge is 0.360 e. The van der Waals surface area contributed by atoms with Gasteiger partial charge in [0.2, 0.25) is 0 Å². The van der Waals surface area contributed by atoms with Crippen molar-refractivity contribution in [2.45, 2.75) is 27.7 Å². The Morgan fingerprint density at radius 3 is 2.00 bits per heavy atom. The summed E-state index contributed by atoms with van der Waals surface area (Å²) >= 11 is 0. The van der Waals surface area contributed by atoms with Gasteiger partial charge in [-0.05, 0) is 57.0 Å². The number of aromatic nitrogens is 1. The number of carbonyl (C=O) groups excluding carboxylic acids is 2. The van der Waals surface area contributed by atoms with E-state index in [1.165, 1.54) is 0 Å². The molecule has 2 amide bonds. The lowest BCUT2D eigenvalue weighted by Crippen LogP contribution is -2.16. The van der Waals surface area contributed by atoms with Gasteiger partial charge in [0.05, 0.1) is 0 Å². The highest BCUT2D eigenvalue weighted by molar-refractivity contribution is 6.08. The molecule has 0 aliphatic heterocycles. The molecule has 0 fully saturated rings. The van der Waals surface area contributed by atoms with E-state index in [9.17, 15) is 9.59 Å². The lowest BCUT2D eigenvalue weighted by atomic mass is 10.0. The summed E-state index contributed by atoms with van der Waals surface area (Å²) in [5.41, 5.74) is 4.69. The van der Waals surface area contributed by atoms with Crippen LogP contribution in [0, 0.1) is 27.7 Å². The van der Waals surface area contributed by atoms with Crippen molar-refractivity contribution in [2.24, 2.45) is 0 Å². The highest BCUT2D eigenvalue weighted by Gasteiger charge is 2.14. The third-order valence-corrected chi connectivity index (χ3v) is 4.17. The minimum atomic E-state index is -0.361. The number of carbonyl (C=O) groups is 2. The van der Waals surface area contributed by atoms with Gasteiger partial charge in [-0.3, -0.25) is 9.59 Å². The number of nitrogens with zero attached hydrogens (tertiary/aromatic N) is 1. The zero-order chi connectivity index (χ0) is 19.6. The molecule has 0 atom stereocenters. The van der Waals surface area contributed by atoms with Crippen molar-refractivity contribution in [3.05, 3.63) is 76.0 Å². The minimum Gasteiger partial charge on any atom is -0.360 e. The van der Waals surface area contributed by atoms with Crippen LogP contribution < -0.4 is 10.6 Å². The van der Waals surface area contributed by atoms with Gasteiger partial charge in [0.15, 0.2) is 5.82 Å². The van der Waals surface area contributed by atoms with Crippen LogP contribution in [0.5, 0.6) is 0 Å². The SMILES string of the molecule is Cc1cc(C)c(NC(=O)c2cccc(C(=O)Nc3cc(C)on3)c2)c(C)c1. The van der Waals surface area contributed by atoms with E-state index in [4.69, 9.17) is 4.52 Å². The fourth-order valence-electron chi connectivity index (χ4n) is 2.98. The van der Waals surface area contributed by atoms with Crippen molar-refractivity contribution in [1.82, 2.24) is 5.16 Å². The molecule has 138 valence electrons. The van der Waals surface area contributed by atoms with Crippen LogP contribution in [0.4, 0.5) is 11.5 Å². The van der Waals surface area contributed by atoms with Gasteiger partial charge in [0, 0.05) is 22.9 Å². The van der Waals surface area contributed by atoms with Crippen LogP contribution in [0.2, 0.25) is 0 Å². The zero-order valence-corrected chi connectivity index (χ0v) is 15.7. The molecule has 0 saturated heterocycles. The zero-order valence-electron chi connectivity index (χ0n) is 15.7. The van der Waals surface area contributed by atoms with Crippen molar-refractivity contribution in [3.63, 3.8) is 0 Å². The molecule has 6 heteroatoms. The third kappa shape index (κ3) is 4.23. The molecule has 0 spiro atoms. The molecule has 1 aromatic heterocycles. The molecule has 3 aromatic rings. The average Bonchev–Trinajstić information content (AvgIpc) is 3.02. The molecule has 6 nitrogen and oxygen atoms in total. The Kier molecular flexibility index (Phi) is 5.07. The van der Waals surface area contributed by atoms with Crippen LogP contribution >= 0.6 is 0 Å². The van der Waals surface area contributed by atoms with Gasteiger partial charge in [-0.25, -0.2) is 0 Å². The van der Waals surface area contributed by atoms with Gasteiger partial charge < -0.3 is 15.2 Å². The Morgan fingerprint density at radius 2 is 1.44 bits per heavy atom. The summed E-state index contributed by atoms with van der Waals surface area (Å²) in [5, 5.41) is 9.32. The number of benzene rings is 2. The third-order valence-electron chi connectivity index (χ3n) is 4.17. The van der Waals surface area contributed by atoms with E-state index >= 15 is 0 Å². The van der Waals surface area contributed by atoms with Crippen molar-refractivity contribution in [1.29, 1.82) is 0 Å². The van der Waals surface area contributed by atoms with Crippen LogP contribution in [0.1, 0.15) is 43.2 Å². The van der Waals surface area contributed by atoms with Crippen LogP contribution in [-0.2, 0) is 0 Å². The van der Waals surface area contributed by atoms with E-state index in [0.717, 1.165) is 22.4 Å². The maximum atomic E-state index is 12.7. The van der Waals surface area contributed by atoms with Crippen LogP contribution in [0.25, 0.3) is 0 Å². The van der Waals surface area contributed by atoms with Crippen LogP contribution in [0.15, 0.2) is 47.0 Å². The molecule has 2 aromatic carbocycles. The van der Waals surface area contributed by atoms with Gasteiger partial charge in [-0.15, -0.1) is 0 Å². The first-order valence-corrected chi connectivity index (χ1v) is 8.57. The fraction of sp³-hybridized carbons (Fsp3) is 0.190. The smallest absolute Gasteiger partial charge is 0.256 e. The summed E-state index contributed by atoms with van der Waals surface area (Å²) in [7, 11) is 0. The molecule has 0 radical (unpaired) electrons. The van der Waals surface area contributed by atoms with Crippen molar-refractivity contribution in [3.8, 4) is 0 Å². The molecule has 0 saturated carbocycles. The number of anilines is 2. The molecule has 0 aliphatic rings. The second-order valence-electron chi connectivity index (χ2n) is 6.59. The Morgan fingerprint density at radius 1 is 0.852 bits per heavy atom. The number of hydrogen-bond donors (Lipinski definition) is 2. The summed E-state index contributed by atoms with van der Waals surface area (Å²) in [6, 6.07) is 12.2. The molecule has 27 heavy (non-hydrogen) atoms. The van der Waals surface area contributed by atoms with E-state index < -0.39 is 0 Å². The van der Waals surface area contributed by atoms with Gasteiger partial charge in [-0.2, -0.15) is 0 Å². The summed E-state index contributed by atoms with van der Waals surface area (Å²) in [5.74, 6) is 0.304. The number of hydrogen-bond acceptors (Lipinski definition) is 4. The monoisotopic (exact) mass is 363 g/mol. The molecule has 0 unspecified atom stereocenters. The first-order valence-electron chi connectivity index (χ1n) is 8.57. The summed E-state index contributed by atoms with van der Waals surface area (Å²) in [6.45, 7) is 7.67.